The summed E-state index contributed by atoms with van der Waals surface area (Å²) in [6.45, 7) is 2.31. The fourth-order valence-electron chi connectivity index (χ4n) is 3.39. The molecule has 160 valence electrons. The Bertz CT molecular complexity index is 1150. The Morgan fingerprint density at radius 1 is 1.16 bits per heavy atom. The second kappa shape index (κ2) is 8.86. The lowest BCUT2D eigenvalue weighted by molar-refractivity contribution is -0.132. The molecule has 3 aromatic rings. The van der Waals surface area contributed by atoms with E-state index < -0.39 is 17.9 Å². The van der Waals surface area contributed by atoms with Crippen molar-refractivity contribution in [1.29, 1.82) is 0 Å². The number of hydrogen-bond acceptors (Lipinski definition) is 6. The van der Waals surface area contributed by atoms with Gasteiger partial charge in [0.15, 0.2) is 17.2 Å². The lowest BCUT2D eigenvalue weighted by Gasteiger charge is -2.25. The van der Waals surface area contributed by atoms with E-state index >= 15 is 0 Å². The zero-order valence-corrected chi connectivity index (χ0v) is 16.9. The highest BCUT2D eigenvalue weighted by atomic mass is 16.6. The van der Waals surface area contributed by atoms with Crippen molar-refractivity contribution < 1.29 is 24.2 Å². The SMILES string of the molecule is CCCn1c(O)c(N=NC(=O)CNC(=O)[C@@H]2COc3ccccc3O2)c2ccccc21. The molecule has 2 heterocycles. The van der Waals surface area contributed by atoms with Crippen molar-refractivity contribution in [2.45, 2.75) is 26.0 Å². The summed E-state index contributed by atoms with van der Waals surface area (Å²) >= 11 is 0. The number of aromatic hydroxyl groups is 1. The number of ether oxygens (including phenoxy) is 2. The van der Waals surface area contributed by atoms with E-state index in [0.717, 1.165) is 11.9 Å². The molecule has 0 bridgehead atoms. The van der Waals surface area contributed by atoms with Gasteiger partial charge >= 0.3 is 0 Å². The number of para-hydroxylation sites is 3. The maximum Gasteiger partial charge on any atom is 0.283 e. The summed E-state index contributed by atoms with van der Waals surface area (Å²) in [5, 5.41) is 21.3. The van der Waals surface area contributed by atoms with Crippen LogP contribution in [0.25, 0.3) is 10.9 Å². The molecule has 0 spiro atoms. The molecule has 2 amide bonds. The van der Waals surface area contributed by atoms with Crippen LogP contribution < -0.4 is 14.8 Å². The second-order valence-corrected chi connectivity index (χ2v) is 7.02. The highest BCUT2D eigenvalue weighted by Crippen LogP contribution is 2.38. The van der Waals surface area contributed by atoms with Crippen molar-refractivity contribution in [2.75, 3.05) is 13.2 Å². The van der Waals surface area contributed by atoms with Gasteiger partial charge in [0, 0.05) is 11.9 Å². The molecule has 0 saturated carbocycles. The van der Waals surface area contributed by atoms with Gasteiger partial charge in [-0.15, -0.1) is 10.2 Å². The van der Waals surface area contributed by atoms with Gasteiger partial charge in [-0.3, -0.25) is 9.59 Å². The molecule has 31 heavy (non-hydrogen) atoms. The van der Waals surface area contributed by atoms with Crippen LogP contribution in [0.4, 0.5) is 5.69 Å². The Hall–Kier alpha value is -3.88. The summed E-state index contributed by atoms with van der Waals surface area (Å²) in [5.41, 5.74) is 1.04. The number of aromatic nitrogens is 1. The minimum Gasteiger partial charge on any atom is -0.493 e. The smallest absolute Gasteiger partial charge is 0.283 e. The maximum absolute atomic E-state index is 12.3. The highest BCUT2D eigenvalue weighted by molar-refractivity contribution is 5.95. The molecule has 2 N–H and O–H groups in total. The first-order chi connectivity index (χ1) is 15.1. The van der Waals surface area contributed by atoms with E-state index in [9.17, 15) is 14.7 Å². The first kappa shape index (κ1) is 20.4. The zero-order valence-electron chi connectivity index (χ0n) is 16.9. The van der Waals surface area contributed by atoms with Gasteiger partial charge in [-0.25, -0.2) is 0 Å². The molecule has 4 rings (SSSR count). The van der Waals surface area contributed by atoms with E-state index in [-0.39, 0.29) is 24.7 Å². The van der Waals surface area contributed by atoms with Crippen molar-refractivity contribution in [1.82, 2.24) is 9.88 Å². The molecule has 0 unspecified atom stereocenters. The van der Waals surface area contributed by atoms with Crippen molar-refractivity contribution in [3.05, 3.63) is 48.5 Å². The number of hydrogen-bond donors (Lipinski definition) is 2. The van der Waals surface area contributed by atoms with E-state index in [4.69, 9.17) is 9.47 Å². The average Bonchev–Trinajstić information content (AvgIpc) is 3.07. The molecule has 1 aliphatic heterocycles. The van der Waals surface area contributed by atoms with Crippen LogP contribution in [0.2, 0.25) is 0 Å². The van der Waals surface area contributed by atoms with Gasteiger partial charge in [0.05, 0.1) is 5.52 Å². The van der Waals surface area contributed by atoms with Crippen molar-refractivity contribution >= 4 is 28.4 Å². The molecular formula is C22H22N4O5. The van der Waals surface area contributed by atoms with Crippen LogP contribution >= 0.6 is 0 Å². The van der Waals surface area contributed by atoms with Crippen LogP contribution in [-0.4, -0.2) is 40.7 Å². The summed E-state index contributed by atoms with van der Waals surface area (Å²) in [5.74, 6) is -0.148. The standard InChI is InChI=1S/C22H22N4O5/c1-2-11-26-15-8-4-3-7-14(15)20(22(26)29)25-24-19(27)12-23-21(28)18-13-30-16-9-5-6-10-17(16)31-18/h3-10,18,29H,2,11-13H2,1H3,(H,23,28)/t18-/m0/s1. The lowest BCUT2D eigenvalue weighted by atomic mass is 10.2. The van der Waals surface area contributed by atoms with Crippen LogP contribution in [0, 0.1) is 0 Å². The highest BCUT2D eigenvalue weighted by Gasteiger charge is 2.27. The van der Waals surface area contributed by atoms with Gasteiger partial charge in [-0.05, 0) is 24.6 Å². The summed E-state index contributed by atoms with van der Waals surface area (Å²) in [4.78, 5) is 24.5. The third kappa shape index (κ3) is 4.20. The quantitative estimate of drug-likeness (QED) is 0.592. The van der Waals surface area contributed by atoms with Gasteiger partial charge in [0.1, 0.15) is 13.2 Å². The number of azo groups is 1. The van der Waals surface area contributed by atoms with Gasteiger partial charge in [-0.2, -0.15) is 0 Å². The number of fused-ring (bicyclic) bond motifs is 2. The fourth-order valence-corrected chi connectivity index (χ4v) is 3.39. The maximum atomic E-state index is 12.3. The summed E-state index contributed by atoms with van der Waals surface area (Å²) < 4.78 is 12.8. The summed E-state index contributed by atoms with van der Waals surface area (Å²) in [6.07, 6.45) is -0.0405. The van der Waals surface area contributed by atoms with E-state index in [1.807, 2.05) is 31.2 Å². The Morgan fingerprint density at radius 2 is 1.90 bits per heavy atom. The van der Waals surface area contributed by atoms with Crippen LogP contribution in [-0.2, 0) is 16.1 Å². The van der Waals surface area contributed by atoms with Crippen molar-refractivity contribution in [3.8, 4) is 17.4 Å². The molecule has 9 heteroatoms. The molecule has 1 aromatic heterocycles. The molecule has 0 radical (unpaired) electrons. The molecule has 9 nitrogen and oxygen atoms in total. The van der Waals surface area contributed by atoms with Crippen LogP contribution in [0.5, 0.6) is 17.4 Å². The summed E-state index contributed by atoms with van der Waals surface area (Å²) in [6, 6.07) is 14.4. The number of rotatable bonds is 6. The Kier molecular flexibility index (Phi) is 5.83. The topological polar surface area (TPSA) is 115 Å². The van der Waals surface area contributed by atoms with Gasteiger partial charge in [0.25, 0.3) is 11.8 Å². The fraction of sp³-hybridized carbons (Fsp3) is 0.273. The second-order valence-electron chi connectivity index (χ2n) is 7.02. The predicted octanol–water partition coefficient (Wildman–Crippen LogP) is 3.32. The largest absolute Gasteiger partial charge is 0.493 e. The normalized spacial score (nSPS) is 15.3. The number of carbonyl (C=O) groups is 2. The molecule has 0 saturated heterocycles. The number of nitrogens with one attached hydrogen (secondary N) is 1. The Labute approximate surface area is 178 Å². The van der Waals surface area contributed by atoms with E-state index in [1.54, 1.807) is 28.8 Å². The van der Waals surface area contributed by atoms with Gasteiger partial charge in [-0.1, -0.05) is 37.3 Å². The minimum atomic E-state index is -0.865. The first-order valence-electron chi connectivity index (χ1n) is 9.99. The Balaban J connectivity index is 1.39. The number of amides is 2. The van der Waals surface area contributed by atoms with Gasteiger partial charge in [0.2, 0.25) is 12.0 Å². The Morgan fingerprint density at radius 3 is 2.71 bits per heavy atom. The molecule has 1 atom stereocenters. The van der Waals surface area contributed by atoms with Crippen LogP contribution in [0.3, 0.4) is 0 Å². The number of carbonyl (C=O) groups excluding carboxylic acids is 2. The number of aryl methyl sites for hydroxylation is 1. The zero-order chi connectivity index (χ0) is 21.8. The van der Waals surface area contributed by atoms with Crippen LogP contribution in [0.1, 0.15) is 13.3 Å². The average molecular weight is 422 g/mol. The third-order valence-corrected chi connectivity index (χ3v) is 4.84. The molecule has 1 aliphatic rings. The monoisotopic (exact) mass is 422 g/mol. The minimum absolute atomic E-state index is 0.0450. The van der Waals surface area contributed by atoms with Crippen LogP contribution in [0.15, 0.2) is 58.8 Å². The van der Waals surface area contributed by atoms with Crippen molar-refractivity contribution in [3.63, 3.8) is 0 Å². The molecule has 0 fully saturated rings. The van der Waals surface area contributed by atoms with E-state index in [1.165, 1.54) is 0 Å². The first-order valence-corrected chi connectivity index (χ1v) is 9.99. The molecule has 0 aliphatic carbocycles. The molecule has 2 aromatic carbocycles. The summed E-state index contributed by atoms with van der Waals surface area (Å²) in [7, 11) is 0. The molecular weight excluding hydrogens is 400 g/mol. The van der Waals surface area contributed by atoms with E-state index in [0.29, 0.717) is 23.4 Å². The number of benzene rings is 2. The number of nitrogens with zero attached hydrogens (tertiary/aromatic N) is 3. The van der Waals surface area contributed by atoms with Crippen molar-refractivity contribution in [2.24, 2.45) is 10.2 Å². The van der Waals surface area contributed by atoms with E-state index in [2.05, 4.69) is 15.5 Å². The third-order valence-electron chi connectivity index (χ3n) is 4.84. The van der Waals surface area contributed by atoms with Gasteiger partial charge < -0.3 is 24.5 Å². The lowest BCUT2D eigenvalue weighted by Crippen LogP contribution is -2.45. The predicted molar refractivity (Wildman–Crippen MR) is 113 cm³/mol.